The molecule has 24 heavy (non-hydrogen) atoms. The number of nitrogens with one attached hydrogen (secondary N) is 1. The molecule has 0 unspecified atom stereocenters. The molecule has 0 spiro atoms. The highest BCUT2D eigenvalue weighted by atomic mass is 79.9. The molecule has 0 bridgehead atoms. The van der Waals surface area contributed by atoms with Crippen molar-refractivity contribution in [2.45, 2.75) is 20.4 Å². The van der Waals surface area contributed by atoms with Gasteiger partial charge in [-0.3, -0.25) is 9.59 Å². The number of carbonyl (C=O) groups is 2. The van der Waals surface area contributed by atoms with E-state index in [4.69, 9.17) is 0 Å². The number of hydrogen-bond acceptors (Lipinski definition) is 2. The number of fused-ring (bicyclic) bond motifs is 1. The van der Waals surface area contributed by atoms with Crippen LogP contribution in [0.25, 0.3) is 10.9 Å². The molecule has 1 N–H and O–H groups in total. The normalized spacial score (nSPS) is 10.8. The third-order valence-corrected chi connectivity index (χ3v) is 4.31. The fourth-order valence-corrected chi connectivity index (χ4v) is 3.28. The number of carbonyl (C=O) groups excluding carboxylic acids is 2. The van der Waals surface area contributed by atoms with Crippen LogP contribution in [0, 0.1) is 13.8 Å². The van der Waals surface area contributed by atoms with E-state index >= 15 is 0 Å². The summed E-state index contributed by atoms with van der Waals surface area (Å²) in [6, 6.07) is 11.6. The van der Waals surface area contributed by atoms with Crippen molar-refractivity contribution in [3.63, 3.8) is 0 Å². The van der Waals surface area contributed by atoms with Gasteiger partial charge in [0, 0.05) is 32.8 Å². The van der Waals surface area contributed by atoms with Crippen LogP contribution in [0.4, 0.5) is 5.69 Å². The van der Waals surface area contributed by atoms with E-state index in [-0.39, 0.29) is 12.5 Å². The lowest BCUT2D eigenvalue weighted by molar-refractivity contribution is -0.116. The molecule has 1 amide bonds. The molecular formula is C19H17BrN2O2. The molecule has 2 aromatic carbocycles. The summed E-state index contributed by atoms with van der Waals surface area (Å²) in [4.78, 5) is 23.7. The third kappa shape index (κ3) is 3.41. The van der Waals surface area contributed by atoms with Gasteiger partial charge in [0.15, 0.2) is 6.29 Å². The molecule has 0 aliphatic carbocycles. The first-order valence-corrected chi connectivity index (χ1v) is 8.37. The average Bonchev–Trinajstić information content (AvgIpc) is 2.83. The number of aldehydes is 1. The zero-order chi connectivity index (χ0) is 17.3. The second-order valence-electron chi connectivity index (χ2n) is 5.92. The van der Waals surface area contributed by atoms with Crippen LogP contribution in [0.3, 0.4) is 0 Å². The van der Waals surface area contributed by atoms with E-state index in [9.17, 15) is 9.59 Å². The van der Waals surface area contributed by atoms with Crippen LogP contribution in [0.15, 0.2) is 47.1 Å². The van der Waals surface area contributed by atoms with Gasteiger partial charge in [-0.1, -0.05) is 22.0 Å². The summed E-state index contributed by atoms with van der Waals surface area (Å²) < 4.78 is 2.69. The van der Waals surface area contributed by atoms with Gasteiger partial charge in [0.25, 0.3) is 0 Å². The van der Waals surface area contributed by atoms with Crippen LogP contribution >= 0.6 is 15.9 Å². The summed E-state index contributed by atoms with van der Waals surface area (Å²) in [5.74, 6) is -0.128. The van der Waals surface area contributed by atoms with E-state index in [0.717, 1.165) is 38.5 Å². The van der Waals surface area contributed by atoms with Crippen molar-refractivity contribution in [1.29, 1.82) is 0 Å². The van der Waals surface area contributed by atoms with Crippen molar-refractivity contribution in [1.82, 2.24) is 4.57 Å². The number of aryl methyl sites for hydroxylation is 2. The van der Waals surface area contributed by atoms with E-state index in [1.807, 2.05) is 44.2 Å². The Hall–Kier alpha value is -2.40. The maximum absolute atomic E-state index is 12.4. The highest BCUT2D eigenvalue weighted by Crippen LogP contribution is 2.24. The van der Waals surface area contributed by atoms with Crippen molar-refractivity contribution < 1.29 is 9.59 Å². The highest BCUT2D eigenvalue weighted by molar-refractivity contribution is 9.10. The number of benzene rings is 2. The SMILES string of the molecule is Cc1cc(C)cc(NC(=O)Cn2cc(C=O)c3cc(Br)ccc32)c1. The molecule has 122 valence electrons. The van der Waals surface area contributed by atoms with Gasteiger partial charge in [-0.25, -0.2) is 0 Å². The van der Waals surface area contributed by atoms with Gasteiger partial charge in [0.1, 0.15) is 6.54 Å². The highest BCUT2D eigenvalue weighted by Gasteiger charge is 2.11. The molecule has 0 aliphatic rings. The maximum Gasteiger partial charge on any atom is 0.244 e. The quantitative estimate of drug-likeness (QED) is 0.674. The number of aromatic nitrogens is 1. The van der Waals surface area contributed by atoms with Crippen molar-refractivity contribution in [3.05, 3.63) is 63.8 Å². The lowest BCUT2D eigenvalue weighted by Gasteiger charge is -2.09. The molecule has 0 fully saturated rings. The van der Waals surface area contributed by atoms with Crippen LogP contribution < -0.4 is 5.32 Å². The van der Waals surface area contributed by atoms with Crippen molar-refractivity contribution in [2.24, 2.45) is 0 Å². The monoisotopic (exact) mass is 384 g/mol. The Bertz CT molecular complexity index is 924. The molecule has 0 saturated heterocycles. The molecule has 0 saturated carbocycles. The van der Waals surface area contributed by atoms with E-state index in [0.29, 0.717) is 5.56 Å². The lowest BCUT2D eigenvalue weighted by atomic mass is 10.1. The number of halogens is 1. The first-order valence-electron chi connectivity index (χ1n) is 7.58. The zero-order valence-electron chi connectivity index (χ0n) is 13.5. The molecule has 3 aromatic rings. The number of hydrogen-bond donors (Lipinski definition) is 1. The Morgan fingerprint density at radius 2 is 1.88 bits per heavy atom. The number of anilines is 1. The predicted octanol–water partition coefficient (Wildman–Crippen LogP) is 4.47. The second kappa shape index (κ2) is 6.61. The maximum atomic E-state index is 12.4. The number of nitrogens with zero attached hydrogens (tertiary/aromatic N) is 1. The largest absolute Gasteiger partial charge is 0.337 e. The third-order valence-electron chi connectivity index (χ3n) is 3.82. The van der Waals surface area contributed by atoms with Gasteiger partial charge >= 0.3 is 0 Å². The van der Waals surface area contributed by atoms with Gasteiger partial charge in [-0.05, 0) is 55.3 Å². The molecule has 0 aliphatic heterocycles. The molecule has 0 atom stereocenters. The summed E-state index contributed by atoms with van der Waals surface area (Å²) in [5.41, 5.74) is 4.42. The Morgan fingerprint density at radius 1 is 1.17 bits per heavy atom. The van der Waals surface area contributed by atoms with E-state index in [1.54, 1.807) is 10.8 Å². The lowest BCUT2D eigenvalue weighted by Crippen LogP contribution is -2.18. The van der Waals surface area contributed by atoms with Crippen LogP contribution in [0.2, 0.25) is 0 Å². The van der Waals surface area contributed by atoms with Gasteiger partial charge in [-0.2, -0.15) is 0 Å². The second-order valence-corrected chi connectivity index (χ2v) is 6.83. The summed E-state index contributed by atoms with van der Waals surface area (Å²) in [6.45, 7) is 4.14. The summed E-state index contributed by atoms with van der Waals surface area (Å²) in [7, 11) is 0. The topological polar surface area (TPSA) is 51.1 Å². The number of amides is 1. The first kappa shape index (κ1) is 16.5. The van der Waals surface area contributed by atoms with Crippen LogP contribution in [-0.4, -0.2) is 16.8 Å². The first-order chi connectivity index (χ1) is 11.5. The molecular weight excluding hydrogens is 368 g/mol. The van der Waals surface area contributed by atoms with E-state index in [1.165, 1.54) is 0 Å². The fraction of sp³-hybridized carbons (Fsp3) is 0.158. The molecule has 1 heterocycles. The Balaban J connectivity index is 1.86. The number of rotatable bonds is 4. The minimum absolute atomic E-state index is 0.128. The van der Waals surface area contributed by atoms with E-state index < -0.39 is 0 Å². The Kier molecular flexibility index (Phi) is 4.53. The zero-order valence-corrected chi connectivity index (χ0v) is 15.1. The minimum Gasteiger partial charge on any atom is -0.337 e. The summed E-state index contributed by atoms with van der Waals surface area (Å²) in [6.07, 6.45) is 2.53. The standard InChI is InChI=1S/C19H17BrN2O2/c1-12-5-13(2)7-16(6-12)21-19(24)10-22-9-14(11-23)17-8-15(20)3-4-18(17)22/h3-9,11H,10H2,1-2H3,(H,21,24). The van der Waals surface area contributed by atoms with Crippen molar-refractivity contribution in [3.8, 4) is 0 Å². The molecule has 3 rings (SSSR count). The van der Waals surface area contributed by atoms with Gasteiger partial charge in [0.05, 0.1) is 0 Å². The van der Waals surface area contributed by atoms with Crippen molar-refractivity contribution >= 4 is 44.7 Å². The molecule has 4 nitrogen and oxygen atoms in total. The summed E-state index contributed by atoms with van der Waals surface area (Å²) in [5, 5.41) is 3.75. The molecule has 1 aromatic heterocycles. The average molecular weight is 385 g/mol. The Morgan fingerprint density at radius 3 is 2.54 bits per heavy atom. The van der Waals surface area contributed by atoms with Crippen LogP contribution in [0.1, 0.15) is 21.5 Å². The predicted molar refractivity (Wildman–Crippen MR) is 99.6 cm³/mol. The van der Waals surface area contributed by atoms with Crippen LogP contribution in [-0.2, 0) is 11.3 Å². The smallest absolute Gasteiger partial charge is 0.244 e. The van der Waals surface area contributed by atoms with Gasteiger partial charge in [0.2, 0.25) is 5.91 Å². The van der Waals surface area contributed by atoms with Crippen LogP contribution in [0.5, 0.6) is 0 Å². The summed E-state index contributed by atoms with van der Waals surface area (Å²) >= 11 is 3.41. The molecule has 0 radical (unpaired) electrons. The fourth-order valence-electron chi connectivity index (χ4n) is 2.92. The van der Waals surface area contributed by atoms with Gasteiger partial charge in [-0.15, -0.1) is 0 Å². The van der Waals surface area contributed by atoms with Gasteiger partial charge < -0.3 is 9.88 Å². The van der Waals surface area contributed by atoms with E-state index in [2.05, 4.69) is 27.3 Å². The Labute approximate surface area is 148 Å². The molecule has 5 heteroatoms. The minimum atomic E-state index is -0.128. The van der Waals surface area contributed by atoms with Crippen molar-refractivity contribution in [2.75, 3.05) is 5.32 Å².